The number of nitriles is 1. The predicted molar refractivity (Wildman–Crippen MR) is 75.1 cm³/mol. The second kappa shape index (κ2) is 7.65. The Kier molecular flexibility index (Phi) is 7.71. The van der Waals surface area contributed by atoms with E-state index < -0.39 is 19.5 Å². The maximum absolute atomic E-state index is 11.2. The van der Waals surface area contributed by atoms with Crippen LogP contribution in [0.25, 0.3) is 0 Å². The Balaban J connectivity index is 0. The van der Waals surface area contributed by atoms with Gasteiger partial charge in [-0.15, -0.1) is 0 Å². The first-order valence-corrected chi connectivity index (χ1v) is 8.02. The van der Waals surface area contributed by atoms with Crippen molar-refractivity contribution in [2.75, 3.05) is 34.8 Å². The van der Waals surface area contributed by atoms with Gasteiger partial charge in [0.2, 0.25) is 0 Å². The standard InChI is InChI=1S/C10H17N4O3.F6P/c1-6-16-9(15)8(7-11)12-17-10(13(2)3)14(4)5;1-7(2,3,4,5)6/h6H2,1-5H3;/q+1;-1. The molecule has 0 amide bonds. The van der Waals surface area contributed by atoms with Crippen molar-refractivity contribution < 1.29 is 44.1 Å². The van der Waals surface area contributed by atoms with E-state index in [4.69, 9.17) is 10.1 Å². The van der Waals surface area contributed by atoms with Gasteiger partial charge in [-0.05, 0) is 6.92 Å². The second-order valence-corrected chi connectivity index (χ2v) is 6.31. The number of esters is 1. The Bertz CT molecular complexity index is 549. The van der Waals surface area contributed by atoms with Crippen LogP contribution in [-0.2, 0) is 14.4 Å². The van der Waals surface area contributed by atoms with Crippen molar-refractivity contribution in [3.8, 4) is 6.07 Å². The molecule has 0 rings (SSSR count). The van der Waals surface area contributed by atoms with E-state index >= 15 is 0 Å². The van der Waals surface area contributed by atoms with E-state index in [-0.39, 0.29) is 6.61 Å². The summed E-state index contributed by atoms with van der Waals surface area (Å²) in [6.45, 7) is 1.82. The number of amidine groups is 1. The fourth-order valence-corrected chi connectivity index (χ4v) is 0.953. The van der Waals surface area contributed by atoms with Gasteiger partial charge in [0.15, 0.2) is 0 Å². The minimum atomic E-state index is -10.7. The summed E-state index contributed by atoms with van der Waals surface area (Å²) in [5, 5.41) is 12.2. The van der Waals surface area contributed by atoms with Gasteiger partial charge in [-0.1, -0.05) is 5.16 Å². The Morgan fingerprint density at radius 3 is 1.88 bits per heavy atom. The molecule has 0 saturated heterocycles. The molecule has 0 N–H and O–H groups in total. The molecule has 0 heterocycles. The van der Waals surface area contributed by atoms with Gasteiger partial charge in [0.05, 0.1) is 34.8 Å². The summed E-state index contributed by atoms with van der Waals surface area (Å²) in [6, 6.07) is 2.01. The van der Waals surface area contributed by atoms with E-state index in [1.165, 1.54) is 0 Å². The predicted octanol–water partition coefficient (Wildman–Crippen LogP) is 3.02. The van der Waals surface area contributed by atoms with E-state index in [2.05, 4.69) is 9.89 Å². The second-order valence-electron chi connectivity index (χ2n) is 4.39. The van der Waals surface area contributed by atoms with Crippen molar-refractivity contribution in [1.82, 2.24) is 4.90 Å². The zero-order valence-corrected chi connectivity index (χ0v) is 14.3. The van der Waals surface area contributed by atoms with E-state index in [0.29, 0.717) is 6.02 Å². The van der Waals surface area contributed by atoms with Gasteiger partial charge in [0.25, 0.3) is 5.71 Å². The van der Waals surface area contributed by atoms with Gasteiger partial charge in [0, 0.05) is 0 Å². The SMILES string of the molecule is CCOC(=O)C(C#N)=NOC(N(C)C)=[N+](C)C.F[P-](F)(F)(F)(F)F. The molecule has 0 atom stereocenters. The Morgan fingerprint density at radius 1 is 1.21 bits per heavy atom. The van der Waals surface area contributed by atoms with Crippen molar-refractivity contribution in [1.29, 1.82) is 5.26 Å². The van der Waals surface area contributed by atoms with Crippen molar-refractivity contribution in [2.24, 2.45) is 5.16 Å². The third-order valence-corrected chi connectivity index (χ3v) is 1.56. The van der Waals surface area contributed by atoms with Crippen LogP contribution >= 0.6 is 7.81 Å². The average Bonchev–Trinajstić information content (AvgIpc) is 2.29. The molecule has 0 saturated carbocycles. The number of hydrogen-bond donors (Lipinski definition) is 0. The van der Waals surface area contributed by atoms with E-state index in [1.54, 1.807) is 50.7 Å². The molecule has 0 aromatic heterocycles. The molecule has 0 bridgehead atoms. The summed E-state index contributed by atoms with van der Waals surface area (Å²) in [4.78, 5) is 17.9. The first kappa shape index (κ1) is 24.2. The number of carbonyl (C=O) groups excluding carboxylic acids is 1. The van der Waals surface area contributed by atoms with Gasteiger partial charge in [-0.2, -0.15) is 5.26 Å². The molecule has 14 heteroatoms. The number of nitrogens with zero attached hydrogens (tertiary/aromatic N) is 4. The van der Waals surface area contributed by atoms with Crippen LogP contribution in [0.2, 0.25) is 0 Å². The van der Waals surface area contributed by atoms with Gasteiger partial charge in [-0.3, -0.25) is 4.84 Å². The molecule has 142 valence electrons. The molecule has 7 nitrogen and oxygen atoms in total. The molecular formula is C10H17F6N4O3P. The number of oxime groups is 1. The minimum absolute atomic E-state index is 0.178. The van der Waals surface area contributed by atoms with Crippen LogP contribution in [0.1, 0.15) is 6.92 Å². The van der Waals surface area contributed by atoms with Crippen LogP contribution in [0.15, 0.2) is 5.16 Å². The topological polar surface area (TPSA) is 77.9 Å². The van der Waals surface area contributed by atoms with E-state index in [9.17, 15) is 30.0 Å². The molecule has 0 spiro atoms. The van der Waals surface area contributed by atoms with Crippen LogP contribution in [0.3, 0.4) is 0 Å². The fraction of sp³-hybridized carbons (Fsp3) is 0.600. The van der Waals surface area contributed by atoms with Crippen LogP contribution in [0.4, 0.5) is 25.2 Å². The Labute approximate surface area is 134 Å². The molecule has 0 unspecified atom stereocenters. The molecule has 0 aliphatic carbocycles. The van der Waals surface area contributed by atoms with Gasteiger partial charge in [0.1, 0.15) is 6.07 Å². The zero-order chi connectivity index (χ0) is 19.8. The number of rotatable bonds is 3. The maximum atomic E-state index is 11.2. The summed E-state index contributed by atoms with van der Waals surface area (Å²) in [7, 11) is -3.65. The molecule has 0 fully saturated rings. The molecule has 0 aliphatic heterocycles. The fourth-order valence-electron chi connectivity index (χ4n) is 0.953. The van der Waals surface area contributed by atoms with Crippen LogP contribution < -0.4 is 0 Å². The molecule has 0 radical (unpaired) electrons. The average molecular weight is 386 g/mol. The van der Waals surface area contributed by atoms with Gasteiger partial charge in [-0.25, -0.2) is 14.3 Å². The van der Waals surface area contributed by atoms with Crippen molar-refractivity contribution >= 4 is 25.5 Å². The van der Waals surface area contributed by atoms with E-state index in [1.807, 2.05) is 0 Å². The van der Waals surface area contributed by atoms with Gasteiger partial charge >= 0.3 is 45.0 Å². The normalized spacial score (nSPS) is 14.0. The Morgan fingerprint density at radius 2 is 1.62 bits per heavy atom. The summed E-state index contributed by atoms with van der Waals surface area (Å²) in [5.41, 5.74) is -0.423. The number of carbonyl (C=O) groups is 1. The molecule has 0 aromatic carbocycles. The first-order chi connectivity index (χ1) is 10.4. The van der Waals surface area contributed by atoms with Gasteiger partial charge < -0.3 is 4.74 Å². The van der Waals surface area contributed by atoms with E-state index in [0.717, 1.165) is 0 Å². The third-order valence-electron chi connectivity index (χ3n) is 1.56. The molecule has 0 aliphatic rings. The zero-order valence-electron chi connectivity index (χ0n) is 13.4. The van der Waals surface area contributed by atoms with Crippen LogP contribution in [0, 0.1) is 11.3 Å². The molecule has 0 aromatic rings. The monoisotopic (exact) mass is 386 g/mol. The van der Waals surface area contributed by atoms with Crippen LogP contribution in [-0.4, -0.2) is 62.0 Å². The van der Waals surface area contributed by atoms with Crippen molar-refractivity contribution in [2.45, 2.75) is 6.92 Å². The summed E-state index contributed by atoms with van der Waals surface area (Å²) in [6.07, 6.45) is 0. The number of ether oxygens (including phenoxy) is 1. The van der Waals surface area contributed by atoms with Crippen molar-refractivity contribution in [3.05, 3.63) is 0 Å². The van der Waals surface area contributed by atoms with Crippen molar-refractivity contribution in [3.63, 3.8) is 0 Å². The molecule has 24 heavy (non-hydrogen) atoms. The summed E-state index contributed by atoms with van der Waals surface area (Å²) < 4.78 is 65.5. The van der Waals surface area contributed by atoms with Crippen LogP contribution in [0.5, 0.6) is 0 Å². The summed E-state index contributed by atoms with van der Waals surface area (Å²) in [5.74, 6) is -0.799. The Hall–Kier alpha value is -2.09. The third kappa shape index (κ3) is 18.0. The number of hydrogen-bond acceptors (Lipinski definition) is 5. The molecular weight excluding hydrogens is 369 g/mol. The quantitative estimate of drug-likeness (QED) is 0.142. The summed E-state index contributed by atoms with van der Waals surface area (Å²) >= 11 is 0. The first-order valence-electron chi connectivity index (χ1n) is 5.99. The number of halogens is 6.